The van der Waals surface area contributed by atoms with Gasteiger partial charge in [0.15, 0.2) is 0 Å². The van der Waals surface area contributed by atoms with Crippen LogP contribution in [0.3, 0.4) is 0 Å². The van der Waals surface area contributed by atoms with Crippen LogP contribution < -0.4 is 3.80 Å². The summed E-state index contributed by atoms with van der Waals surface area (Å²) >= 11 is 2.55. The molecule has 0 fully saturated rings. The van der Waals surface area contributed by atoms with Gasteiger partial charge in [-0.15, -0.1) is 0 Å². The number of rotatable bonds is 5. The van der Waals surface area contributed by atoms with Gasteiger partial charge in [0.1, 0.15) is 0 Å². The van der Waals surface area contributed by atoms with Crippen molar-refractivity contribution in [3.05, 3.63) is 11.1 Å². The summed E-state index contributed by atoms with van der Waals surface area (Å²) in [5.74, 6) is -2.55. The van der Waals surface area contributed by atoms with E-state index in [9.17, 15) is 9.59 Å². The monoisotopic (exact) mass is 306 g/mol. The van der Waals surface area contributed by atoms with Crippen LogP contribution in [0.4, 0.5) is 0 Å². The minimum absolute atomic E-state index is 0.169. The first-order valence-electron chi connectivity index (χ1n) is 3.87. The summed E-state index contributed by atoms with van der Waals surface area (Å²) in [6.07, 6.45) is 0. The predicted molar refractivity (Wildman–Crippen MR) is 58.1 cm³/mol. The standard InChI is InChI=1S/C7H7AsN2O5S/c8-7-9-3(2-16-7)5(6(13)14)10-15-1-4(11)12/h2H,1,8H2,(H,11,12)(H,13,14)/b10-5+. The minimum atomic E-state index is -1.32. The summed E-state index contributed by atoms with van der Waals surface area (Å²) in [5, 5.41) is 21.9. The Labute approximate surface area is 102 Å². The number of hydrogen-bond donors (Lipinski definition) is 2. The van der Waals surface area contributed by atoms with Crippen LogP contribution in [0.5, 0.6) is 0 Å². The normalized spacial score (nSPS) is 11.2. The Morgan fingerprint density at radius 3 is 2.69 bits per heavy atom. The number of carbonyl (C=O) groups is 2. The number of carboxylic acid groups (broad SMARTS) is 2. The summed E-state index contributed by atoms with van der Waals surface area (Å²) < 4.78 is 0.745. The van der Waals surface area contributed by atoms with E-state index in [-0.39, 0.29) is 5.69 Å². The van der Waals surface area contributed by atoms with Crippen LogP contribution in [-0.4, -0.2) is 56.3 Å². The Balaban J connectivity index is 2.83. The van der Waals surface area contributed by atoms with E-state index in [1.807, 2.05) is 0 Å². The molecule has 0 saturated heterocycles. The molecule has 0 aromatic carbocycles. The van der Waals surface area contributed by atoms with Crippen LogP contribution in [0.15, 0.2) is 10.5 Å². The molecular formula is C7H7AsN2O5S. The average Bonchev–Trinajstić information content (AvgIpc) is 2.58. The van der Waals surface area contributed by atoms with Crippen LogP contribution >= 0.6 is 11.3 Å². The summed E-state index contributed by atoms with van der Waals surface area (Å²) in [4.78, 5) is 29.2. The molecule has 0 aliphatic heterocycles. The molecule has 1 aromatic rings. The number of aliphatic carboxylic acids is 2. The molecule has 1 unspecified atom stereocenters. The fraction of sp³-hybridized carbons (Fsp3) is 0.143. The van der Waals surface area contributed by atoms with Gasteiger partial charge in [0.2, 0.25) is 0 Å². The molecule has 0 amide bonds. The zero-order valence-electron chi connectivity index (χ0n) is 7.78. The molecule has 1 heterocycles. The first-order valence-corrected chi connectivity index (χ1v) is 5.96. The van der Waals surface area contributed by atoms with Crippen LogP contribution in [0.2, 0.25) is 0 Å². The van der Waals surface area contributed by atoms with Crippen molar-refractivity contribution in [1.82, 2.24) is 4.98 Å². The van der Waals surface area contributed by atoms with Gasteiger partial charge in [-0.2, -0.15) is 0 Å². The molecular weight excluding hydrogens is 299 g/mol. The molecule has 0 saturated carbocycles. The Kier molecular flexibility index (Phi) is 4.45. The van der Waals surface area contributed by atoms with Crippen molar-refractivity contribution < 1.29 is 24.6 Å². The SMILES string of the molecule is O=C(O)CO/N=C(/C(=O)O)c1csc([AsH2])n1. The van der Waals surface area contributed by atoms with E-state index in [4.69, 9.17) is 10.2 Å². The maximum absolute atomic E-state index is 10.8. The van der Waals surface area contributed by atoms with Crippen molar-refractivity contribution in [1.29, 1.82) is 0 Å². The van der Waals surface area contributed by atoms with Gasteiger partial charge in [0.05, 0.1) is 0 Å². The van der Waals surface area contributed by atoms with E-state index in [0.29, 0.717) is 0 Å². The van der Waals surface area contributed by atoms with Gasteiger partial charge in [0, 0.05) is 0 Å². The zero-order valence-corrected chi connectivity index (χ0v) is 11.0. The molecule has 9 heteroatoms. The van der Waals surface area contributed by atoms with Crippen LogP contribution in [0, 0.1) is 0 Å². The predicted octanol–water partition coefficient (Wildman–Crippen LogP) is -1.71. The average molecular weight is 306 g/mol. The molecule has 86 valence electrons. The summed E-state index contributed by atoms with van der Waals surface area (Å²) in [6.45, 7) is -0.691. The molecule has 0 aliphatic carbocycles. The first kappa shape index (κ1) is 12.7. The summed E-state index contributed by atoms with van der Waals surface area (Å²) in [5.41, 5.74) is -0.233. The van der Waals surface area contributed by atoms with Gasteiger partial charge < -0.3 is 0 Å². The van der Waals surface area contributed by atoms with Gasteiger partial charge in [-0.1, -0.05) is 0 Å². The Bertz CT molecular complexity index is 444. The number of nitrogens with zero attached hydrogens (tertiary/aromatic N) is 2. The number of aromatic nitrogens is 1. The van der Waals surface area contributed by atoms with E-state index in [1.54, 1.807) is 0 Å². The van der Waals surface area contributed by atoms with Gasteiger partial charge in [-0.3, -0.25) is 0 Å². The van der Waals surface area contributed by atoms with Gasteiger partial charge in [0.25, 0.3) is 0 Å². The molecule has 1 aromatic heterocycles. The third kappa shape index (κ3) is 3.63. The van der Waals surface area contributed by atoms with Crippen LogP contribution in [0.1, 0.15) is 5.69 Å². The zero-order chi connectivity index (χ0) is 12.1. The van der Waals surface area contributed by atoms with Crippen molar-refractivity contribution in [2.45, 2.75) is 0 Å². The Morgan fingerprint density at radius 1 is 1.56 bits per heavy atom. The van der Waals surface area contributed by atoms with Crippen molar-refractivity contribution in [3.8, 4) is 0 Å². The van der Waals surface area contributed by atoms with Crippen molar-refractivity contribution in [2.24, 2.45) is 5.16 Å². The van der Waals surface area contributed by atoms with Crippen LogP contribution in [0.25, 0.3) is 0 Å². The fourth-order valence-corrected chi connectivity index (χ4v) is 2.01. The molecule has 0 aliphatic rings. The number of hydrogen-bond acceptors (Lipinski definition) is 6. The fourth-order valence-electron chi connectivity index (χ4n) is 0.744. The molecule has 1 rings (SSSR count). The second-order valence-corrected chi connectivity index (χ2v) is 5.40. The third-order valence-electron chi connectivity index (χ3n) is 1.31. The van der Waals surface area contributed by atoms with Crippen molar-refractivity contribution in [2.75, 3.05) is 6.61 Å². The molecule has 0 spiro atoms. The summed E-state index contributed by atoms with van der Waals surface area (Å²) in [6, 6.07) is 0. The number of carboxylic acids is 2. The van der Waals surface area contributed by atoms with Crippen molar-refractivity contribution >= 4 is 49.6 Å². The third-order valence-corrected chi connectivity index (χ3v) is 3.11. The van der Waals surface area contributed by atoms with Crippen molar-refractivity contribution in [3.63, 3.8) is 0 Å². The topological polar surface area (TPSA) is 109 Å². The molecule has 2 N–H and O–H groups in total. The Morgan fingerprint density at radius 2 is 2.25 bits per heavy atom. The van der Waals surface area contributed by atoms with Gasteiger partial charge in [-0.05, 0) is 0 Å². The van der Waals surface area contributed by atoms with E-state index in [0.717, 1.165) is 3.80 Å². The maximum atomic E-state index is 10.8. The number of oxime groups is 1. The van der Waals surface area contributed by atoms with E-state index in [1.165, 1.54) is 33.6 Å². The summed E-state index contributed by atoms with van der Waals surface area (Å²) in [7, 11) is 0. The second kappa shape index (κ2) is 5.62. The van der Waals surface area contributed by atoms with E-state index >= 15 is 0 Å². The molecule has 7 nitrogen and oxygen atoms in total. The Hall–Kier alpha value is -1.40. The van der Waals surface area contributed by atoms with E-state index in [2.05, 4.69) is 15.0 Å². The molecule has 0 bridgehead atoms. The second-order valence-electron chi connectivity index (χ2n) is 2.48. The molecule has 0 radical (unpaired) electrons. The van der Waals surface area contributed by atoms with Crippen LogP contribution in [-0.2, 0) is 14.4 Å². The van der Waals surface area contributed by atoms with Gasteiger partial charge >= 0.3 is 102 Å². The number of thiazole rings is 1. The first-order chi connectivity index (χ1) is 7.50. The van der Waals surface area contributed by atoms with E-state index < -0.39 is 24.3 Å². The molecule has 1 atom stereocenters. The molecule has 16 heavy (non-hydrogen) atoms. The van der Waals surface area contributed by atoms with Gasteiger partial charge in [-0.25, -0.2) is 0 Å². The quantitative estimate of drug-likeness (QED) is 0.381.